The van der Waals surface area contributed by atoms with Crippen molar-refractivity contribution in [3.8, 4) is 0 Å². The maximum atomic E-state index is 12.0. The minimum atomic E-state index is -0.185. The molecule has 0 saturated heterocycles. The van der Waals surface area contributed by atoms with E-state index < -0.39 is 0 Å². The molecule has 5 nitrogen and oxygen atoms in total. The Kier molecular flexibility index (Phi) is 5.25. The second-order valence-corrected chi connectivity index (χ2v) is 3.84. The summed E-state index contributed by atoms with van der Waals surface area (Å²) in [4.78, 5) is 19.0. The molecule has 0 bridgehead atoms. The van der Waals surface area contributed by atoms with Crippen LogP contribution in [0.4, 0.5) is 0 Å². The maximum Gasteiger partial charge on any atom is 0.345 e. The van der Waals surface area contributed by atoms with E-state index in [2.05, 4.69) is 9.97 Å². The van der Waals surface area contributed by atoms with Crippen LogP contribution in [-0.2, 0) is 6.54 Å². The number of pyridine rings is 1. The van der Waals surface area contributed by atoms with E-state index in [0.29, 0.717) is 16.6 Å². The fraction of sp³-hybridized carbons (Fsp3) is 0.417. The number of fused-ring (bicyclic) bond motifs is 1. The highest BCUT2D eigenvalue weighted by atomic mass is 35.5. The molecule has 0 unspecified atom stereocenters. The van der Waals surface area contributed by atoms with Gasteiger partial charge in [0.25, 0.3) is 0 Å². The molecular formula is C12H17ClN3O2+. The Morgan fingerprint density at radius 1 is 1.50 bits per heavy atom. The van der Waals surface area contributed by atoms with E-state index in [-0.39, 0.29) is 23.9 Å². The van der Waals surface area contributed by atoms with Crippen LogP contribution in [0.3, 0.4) is 0 Å². The van der Waals surface area contributed by atoms with E-state index in [1.165, 1.54) is 17.0 Å². The minimum Gasteiger partial charge on any atom is -0.392 e. The second kappa shape index (κ2) is 6.47. The monoisotopic (exact) mass is 270 g/mol. The SMILES string of the molecule is CC.Cc1nc(Cl)cc2c(=O)n(CCO)c[nH+]c12. The predicted molar refractivity (Wildman–Crippen MR) is 70.7 cm³/mol. The number of nitrogens with one attached hydrogen (secondary N) is 1. The first-order chi connectivity index (χ1) is 8.63. The number of rotatable bonds is 2. The Morgan fingerprint density at radius 2 is 2.17 bits per heavy atom. The van der Waals surface area contributed by atoms with Crippen molar-refractivity contribution in [2.24, 2.45) is 0 Å². The summed E-state index contributed by atoms with van der Waals surface area (Å²) in [7, 11) is 0. The summed E-state index contributed by atoms with van der Waals surface area (Å²) in [6.45, 7) is 5.95. The summed E-state index contributed by atoms with van der Waals surface area (Å²) in [5.74, 6) is 0. The van der Waals surface area contributed by atoms with Gasteiger partial charge in [0, 0.05) is 0 Å². The molecular weight excluding hydrogens is 254 g/mol. The van der Waals surface area contributed by atoms with Gasteiger partial charge in [-0.25, -0.2) is 14.8 Å². The zero-order chi connectivity index (χ0) is 13.7. The highest BCUT2D eigenvalue weighted by molar-refractivity contribution is 6.30. The Hall–Kier alpha value is -1.46. The van der Waals surface area contributed by atoms with Crippen LogP contribution in [0.1, 0.15) is 19.5 Å². The molecule has 0 amide bonds. The van der Waals surface area contributed by atoms with Crippen LogP contribution < -0.4 is 10.5 Å². The van der Waals surface area contributed by atoms with Crippen molar-refractivity contribution in [2.75, 3.05) is 6.61 Å². The van der Waals surface area contributed by atoms with Gasteiger partial charge < -0.3 is 5.11 Å². The number of nitrogens with zero attached hydrogens (tertiary/aromatic N) is 2. The molecule has 0 fully saturated rings. The number of aromatic amines is 1. The third kappa shape index (κ3) is 2.86. The van der Waals surface area contributed by atoms with Gasteiger partial charge in [-0.05, 0) is 13.0 Å². The number of aryl methyl sites for hydroxylation is 1. The predicted octanol–water partition coefficient (Wildman–Crippen LogP) is 1.19. The molecule has 18 heavy (non-hydrogen) atoms. The molecule has 2 rings (SSSR count). The Bertz CT molecular complexity index is 596. The number of aliphatic hydroxyl groups is 1. The van der Waals surface area contributed by atoms with Gasteiger partial charge in [-0.15, -0.1) is 0 Å². The standard InChI is InChI=1S/C10H10ClN3O2.C2H6/c1-6-9-7(4-8(11)13-6)10(16)14(2-3-15)5-12-9;1-2/h4-5,15H,2-3H2,1H3;1-2H3/p+1. The molecule has 0 aliphatic rings. The fourth-order valence-corrected chi connectivity index (χ4v) is 1.85. The summed E-state index contributed by atoms with van der Waals surface area (Å²) in [5, 5.41) is 9.58. The van der Waals surface area contributed by atoms with E-state index in [1.54, 1.807) is 6.92 Å². The van der Waals surface area contributed by atoms with E-state index in [1.807, 2.05) is 13.8 Å². The van der Waals surface area contributed by atoms with Crippen molar-refractivity contribution < 1.29 is 10.1 Å². The highest BCUT2D eigenvalue weighted by Gasteiger charge is 2.13. The first-order valence-corrected chi connectivity index (χ1v) is 6.20. The zero-order valence-corrected chi connectivity index (χ0v) is 11.5. The van der Waals surface area contributed by atoms with E-state index in [4.69, 9.17) is 16.7 Å². The largest absolute Gasteiger partial charge is 0.392 e. The van der Waals surface area contributed by atoms with Gasteiger partial charge in [-0.1, -0.05) is 25.4 Å². The van der Waals surface area contributed by atoms with Gasteiger partial charge in [-0.3, -0.25) is 0 Å². The number of H-pyrrole nitrogens is 1. The van der Waals surface area contributed by atoms with Gasteiger partial charge in [0.15, 0.2) is 5.52 Å². The van der Waals surface area contributed by atoms with Crippen LogP contribution in [0.5, 0.6) is 0 Å². The Labute approximate surface area is 110 Å². The number of hydrogen-bond acceptors (Lipinski definition) is 3. The first-order valence-electron chi connectivity index (χ1n) is 5.82. The molecule has 0 saturated carbocycles. The molecule has 0 radical (unpaired) electrons. The number of aromatic nitrogens is 3. The van der Waals surface area contributed by atoms with Crippen molar-refractivity contribution >= 4 is 22.5 Å². The van der Waals surface area contributed by atoms with Gasteiger partial charge in [0.1, 0.15) is 17.1 Å². The number of aliphatic hydroxyl groups excluding tert-OH is 1. The lowest BCUT2D eigenvalue weighted by molar-refractivity contribution is -0.353. The molecule has 0 spiro atoms. The average molecular weight is 271 g/mol. The number of halogens is 1. The van der Waals surface area contributed by atoms with Crippen molar-refractivity contribution in [1.82, 2.24) is 9.55 Å². The van der Waals surface area contributed by atoms with Crippen molar-refractivity contribution in [3.63, 3.8) is 0 Å². The molecule has 0 aromatic carbocycles. The average Bonchev–Trinajstić information content (AvgIpc) is 2.36. The summed E-state index contributed by atoms with van der Waals surface area (Å²) in [6.07, 6.45) is 1.53. The summed E-state index contributed by atoms with van der Waals surface area (Å²) in [6, 6.07) is 1.52. The number of hydrogen-bond donors (Lipinski definition) is 1. The topological polar surface area (TPSA) is 69.3 Å². The fourth-order valence-electron chi connectivity index (χ4n) is 1.62. The highest BCUT2D eigenvalue weighted by Crippen LogP contribution is 2.13. The van der Waals surface area contributed by atoms with Crippen LogP contribution in [-0.4, -0.2) is 21.3 Å². The van der Waals surface area contributed by atoms with Crippen molar-refractivity contribution in [1.29, 1.82) is 0 Å². The van der Waals surface area contributed by atoms with E-state index in [0.717, 1.165) is 0 Å². The zero-order valence-electron chi connectivity index (χ0n) is 10.7. The third-order valence-corrected chi connectivity index (χ3v) is 2.56. The molecule has 2 N–H and O–H groups in total. The van der Waals surface area contributed by atoms with Gasteiger partial charge in [-0.2, -0.15) is 4.57 Å². The van der Waals surface area contributed by atoms with Crippen LogP contribution >= 0.6 is 11.6 Å². The molecule has 0 aliphatic carbocycles. The van der Waals surface area contributed by atoms with E-state index >= 15 is 0 Å². The molecule has 2 aromatic heterocycles. The minimum absolute atomic E-state index is 0.0863. The van der Waals surface area contributed by atoms with Crippen LogP contribution in [0.15, 0.2) is 17.2 Å². The van der Waals surface area contributed by atoms with Crippen LogP contribution in [0.2, 0.25) is 5.15 Å². The molecule has 0 aliphatic heterocycles. The first kappa shape index (κ1) is 14.6. The van der Waals surface area contributed by atoms with Crippen LogP contribution in [0.25, 0.3) is 10.9 Å². The lowest BCUT2D eigenvalue weighted by atomic mass is 10.2. The summed E-state index contributed by atoms with van der Waals surface area (Å²) < 4.78 is 1.40. The Balaban J connectivity index is 0.000000771. The van der Waals surface area contributed by atoms with Crippen molar-refractivity contribution in [2.45, 2.75) is 27.3 Å². The van der Waals surface area contributed by atoms with Gasteiger partial charge in [0.05, 0.1) is 12.3 Å². The lowest BCUT2D eigenvalue weighted by Gasteiger charge is -2.00. The lowest BCUT2D eigenvalue weighted by Crippen LogP contribution is -2.28. The normalized spacial score (nSPS) is 10.1. The molecule has 2 heterocycles. The van der Waals surface area contributed by atoms with E-state index in [9.17, 15) is 4.79 Å². The Morgan fingerprint density at radius 3 is 2.78 bits per heavy atom. The van der Waals surface area contributed by atoms with Gasteiger partial charge in [0.2, 0.25) is 6.33 Å². The van der Waals surface area contributed by atoms with Crippen LogP contribution in [0, 0.1) is 6.92 Å². The molecule has 0 atom stereocenters. The van der Waals surface area contributed by atoms with Crippen molar-refractivity contribution in [3.05, 3.63) is 33.6 Å². The molecule has 2 aromatic rings. The summed E-state index contributed by atoms with van der Waals surface area (Å²) >= 11 is 5.80. The second-order valence-electron chi connectivity index (χ2n) is 3.45. The smallest absolute Gasteiger partial charge is 0.345 e. The quantitative estimate of drug-likeness (QED) is 0.834. The van der Waals surface area contributed by atoms with Gasteiger partial charge >= 0.3 is 5.56 Å². The molecule has 98 valence electrons. The molecule has 6 heteroatoms. The maximum absolute atomic E-state index is 12.0. The summed E-state index contributed by atoms with van der Waals surface area (Å²) in [5.41, 5.74) is 1.16. The third-order valence-electron chi connectivity index (χ3n) is 2.37.